The molecule has 26 heavy (non-hydrogen) atoms. The second-order valence-electron chi connectivity index (χ2n) is 5.57. The van der Waals surface area contributed by atoms with Crippen molar-refractivity contribution in [2.75, 3.05) is 19.4 Å². The number of rotatable bonds is 8. The molecule has 2 aromatic carbocycles. The molecule has 5 nitrogen and oxygen atoms in total. The van der Waals surface area contributed by atoms with Crippen LogP contribution in [0.1, 0.15) is 21.5 Å². The average Bonchev–Trinajstić information content (AvgIpc) is 2.61. The van der Waals surface area contributed by atoms with Gasteiger partial charge in [-0.05, 0) is 30.7 Å². The maximum absolute atomic E-state index is 12.4. The number of carbonyl (C=O) groups is 1. The topological polar surface area (TPSA) is 72.5 Å². The molecule has 0 saturated heterocycles. The van der Waals surface area contributed by atoms with E-state index in [0.717, 1.165) is 5.75 Å². The summed E-state index contributed by atoms with van der Waals surface area (Å²) in [6.07, 6.45) is 0. The Labute approximate surface area is 163 Å². The zero-order chi connectivity index (χ0) is 19.2. The van der Waals surface area contributed by atoms with E-state index in [1.165, 1.54) is 36.4 Å². The van der Waals surface area contributed by atoms with Gasteiger partial charge in [-0.1, -0.05) is 41.4 Å². The highest BCUT2D eigenvalue weighted by Crippen LogP contribution is 2.21. The third-order valence-electron chi connectivity index (χ3n) is 3.54. The lowest BCUT2D eigenvalue weighted by Crippen LogP contribution is -2.26. The molecule has 0 aromatic heterocycles. The smallest absolute Gasteiger partial charge is 0.339 e. The summed E-state index contributed by atoms with van der Waals surface area (Å²) in [6, 6.07) is 12.2. The van der Waals surface area contributed by atoms with Crippen molar-refractivity contribution >= 4 is 39.4 Å². The minimum Gasteiger partial charge on any atom is -0.465 e. The number of nitrogens with one attached hydrogen (secondary N) is 1. The van der Waals surface area contributed by atoms with Crippen molar-refractivity contribution < 1.29 is 17.9 Å². The second-order valence-corrected chi connectivity index (χ2v) is 8.85. The second kappa shape index (κ2) is 9.41. The summed E-state index contributed by atoms with van der Waals surface area (Å²) < 4.78 is 31.9. The largest absolute Gasteiger partial charge is 0.465 e. The van der Waals surface area contributed by atoms with Gasteiger partial charge in [0, 0.05) is 18.1 Å². The molecule has 0 unspecified atom stereocenters. The van der Waals surface area contributed by atoms with Gasteiger partial charge < -0.3 is 4.74 Å². The highest BCUT2D eigenvalue weighted by molar-refractivity contribution is 7.98. The molecule has 0 fully saturated rings. The summed E-state index contributed by atoms with van der Waals surface area (Å²) in [7, 11) is -2.51. The lowest BCUT2D eigenvalue weighted by molar-refractivity contribution is 0.0600. The van der Waals surface area contributed by atoms with Crippen LogP contribution >= 0.6 is 23.4 Å². The van der Waals surface area contributed by atoms with Crippen LogP contribution in [0, 0.1) is 6.92 Å². The zero-order valence-electron chi connectivity index (χ0n) is 14.5. The Bertz CT molecular complexity index is 885. The normalized spacial score (nSPS) is 11.3. The molecule has 0 saturated carbocycles. The van der Waals surface area contributed by atoms with Gasteiger partial charge in [-0.15, -0.1) is 0 Å². The Morgan fingerprint density at radius 3 is 2.69 bits per heavy atom. The summed E-state index contributed by atoms with van der Waals surface area (Å²) in [5.74, 6) is 0.766. The number of esters is 1. The maximum atomic E-state index is 12.4. The van der Waals surface area contributed by atoms with Crippen LogP contribution in [0.2, 0.25) is 5.02 Å². The van der Waals surface area contributed by atoms with Gasteiger partial charge >= 0.3 is 5.97 Å². The summed E-state index contributed by atoms with van der Waals surface area (Å²) in [4.78, 5) is 11.6. The standard InChI is InChI=1S/C18H20ClNO4S2/c1-13-4-3-5-14(10-13)12-25-9-8-20-26(22,23)15-6-7-17(19)16(11-15)18(21)24-2/h3-7,10-11,20H,8-9,12H2,1-2H3. The number of carbonyl (C=O) groups excluding carboxylic acids is 1. The van der Waals surface area contributed by atoms with Crippen LogP contribution in [-0.4, -0.2) is 33.8 Å². The van der Waals surface area contributed by atoms with Gasteiger partial charge in [0.05, 0.1) is 22.6 Å². The molecule has 8 heteroatoms. The number of halogens is 1. The highest BCUT2D eigenvalue weighted by Gasteiger charge is 2.18. The van der Waals surface area contributed by atoms with E-state index in [-0.39, 0.29) is 22.0 Å². The average molecular weight is 414 g/mol. The third kappa shape index (κ3) is 5.74. The number of hydrogen-bond donors (Lipinski definition) is 1. The lowest BCUT2D eigenvalue weighted by atomic mass is 10.2. The van der Waals surface area contributed by atoms with Crippen LogP contribution in [0.3, 0.4) is 0 Å². The number of aryl methyl sites for hydroxylation is 1. The van der Waals surface area contributed by atoms with Crippen LogP contribution in [0.4, 0.5) is 0 Å². The van der Waals surface area contributed by atoms with E-state index in [1.807, 2.05) is 25.1 Å². The molecule has 0 radical (unpaired) electrons. The van der Waals surface area contributed by atoms with E-state index in [1.54, 1.807) is 11.8 Å². The van der Waals surface area contributed by atoms with Gasteiger partial charge in [0.2, 0.25) is 10.0 Å². The molecule has 0 aliphatic carbocycles. The van der Waals surface area contributed by atoms with Crippen molar-refractivity contribution in [1.82, 2.24) is 4.72 Å². The van der Waals surface area contributed by atoms with Crippen molar-refractivity contribution in [3.05, 3.63) is 64.2 Å². The summed E-state index contributed by atoms with van der Waals surface area (Å²) in [6.45, 7) is 2.33. The van der Waals surface area contributed by atoms with Gasteiger partial charge in [-0.25, -0.2) is 17.9 Å². The molecule has 0 bridgehead atoms. The van der Waals surface area contributed by atoms with Gasteiger partial charge in [0.15, 0.2) is 0 Å². The molecular weight excluding hydrogens is 394 g/mol. The van der Waals surface area contributed by atoms with Crippen molar-refractivity contribution in [2.24, 2.45) is 0 Å². The molecule has 0 amide bonds. The fourth-order valence-corrected chi connectivity index (χ4v) is 4.45. The van der Waals surface area contributed by atoms with Crippen molar-refractivity contribution in [2.45, 2.75) is 17.6 Å². The van der Waals surface area contributed by atoms with Crippen molar-refractivity contribution in [1.29, 1.82) is 0 Å². The first kappa shape index (κ1) is 20.8. The van der Waals surface area contributed by atoms with Crippen LogP contribution in [0.5, 0.6) is 0 Å². The Kier molecular flexibility index (Phi) is 7.52. The summed E-state index contributed by atoms with van der Waals surface area (Å²) in [5, 5.41) is 0.143. The van der Waals surface area contributed by atoms with E-state index >= 15 is 0 Å². The molecule has 140 valence electrons. The van der Waals surface area contributed by atoms with Crippen LogP contribution in [0.15, 0.2) is 47.4 Å². The highest BCUT2D eigenvalue weighted by atomic mass is 35.5. The predicted octanol–water partition coefficient (Wildman–Crippen LogP) is 3.65. The number of thioether (sulfide) groups is 1. The van der Waals surface area contributed by atoms with Crippen LogP contribution in [-0.2, 0) is 20.5 Å². The number of benzene rings is 2. The minimum absolute atomic E-state index is 0.0193. The number of hydrogen-bond acceptors (Lipinski definition) is 5. The molecule has 2 aromatic rings. The Hall–Kier alpha value is -1.54. The summed E-state index contributed by atoms with van der Waals surface area (Å²) in [5.41, 5.74) is 2.43. The summed E-state index contributed by atoms with van der Waals surface area (Å²) >= 11 is 7.56. The molecule has 0 aliphatic heterocycles. The fraction of sp³-hybridized carbons (Fsp3) is 0.278. The van der Waals surface area contributed by atoms with Crippen LogP contribution in [0.25, 0.3) is 0 Å². The quantitative estimate of drug-likeness (QED) is 0.528. The van der Waals surface area contributed by atoms with E-state index in [4.69, 9.17) is 11.6 Å². The predicted molar refractivity (Wildman–Crippen MR) is 105 cm³/mol. The molecule has 1 N–H and O–H groups in total. The van der Waals surface area contributed by atoms with Gasteiger partial charge in [-0.3, -0.25) is 0 Å². The number of ether oxygens (including phenoxy) is 1. The molecular formula is C18H20ClNO4S2. The van der Waals surface area contributed by atoms with Crippen molar-refractivity contribution in [3.63, 3.8) is 0 Å². The monoisotopic (exact) mass is 413 g/mol. The fourth-order valence-electron chi connectivity index (χ4n) is 2.26. The van der Waals surface area contributed by atoms with E-state index in [9.17, 15) is 13.2 Å². The first-order valence-corrected chi connectivity index (χ1v) is 10.9. The maximum Gasteiger partial charge on any atom is 0.339 e. The SMILES string of the molecule is COC(=O)c1cc(S(=O)(=O)NCCSCc2cccc(C)c2)ccc1Cl. The Morgan fingerprint density at radius 2 is 2.00 bits per heavy atom. The first-order valence-electron chi connectivity index (χ1n) is 7.84. The zero-order valence-corrected chi connectivity index (χ0v) is 16.9. The van der Waals surface area contributed by atoms with Gasteiger partial charge in [0.25, 0.3) is 0 Å². The Balaban J connectivity index is 1.91. The third-order valence-corrected chi connectivity index (χ3v) is 6.36. The van der Waals surface area contributed by atoms with Gasteiger partial charge in [0.1, 0.15) is 0 Å². The van der Waals surface area contributed by atoms with E-state index < -0.39 is 16.0 Å². The molecule has 0 heterocycles. The molecule has 0 aliphatic rings. The number of methoxy groups -OCH3 is 1. The van der Waals surface area contributed by atoms with Crippen LogP contribution < -0.4 is 4.72 Å². The van der Waals surface area contributed by atoms with Crippen molar-refractivity contribution in [3.8, 4) is 0 Å². The molecule has 2 rings (SSSR count). The lowest BCUT2D eigenvalue weighted by Gasteiger charge is -2.09. The first-order chi connectivity index (χ1) is 12.3. The number of sulfonamides is 1. The van der Waals surface area contributed by atoms with Gasteiger partial charge in [-0.2, -0.15) is 11.8 Å². The molecule has 0 spiro atoms. The van der Waals surface area contributed by atoms with E-state index in [0.29, 0.717) is 5.75 Å². The Morgan fingerprint density at radius 1 is 1.23 bits per heavy atom. The minimum atomic E-state index is -3.72. The van der Waals surface area contributed by atoms with E-state index in [2.05, 4.69) is 15.5 Å². The molecule has 0 atom stereocenters.